The fourth-order valence-electron chi connectivity index (χ4n) is 3.38. The van der Waals surface area contributed by atoms with Gasteiger partial charge in [0.05, 0.1) is 23.6 Å². The third-order valence-corrected chi connectivity index (χ3v) is 4.90. The molecule has 138 valence electrons. The number of nitriles is 1. The summed E-state index contributed by atoms with van der Waals surface area (Å²) in [6, 6.07) is 5.12. The maximum Gasteiger partial charge on any atom is 0.177 e. The van der Waals surface area contributed by atoms with Crippen LogP contribution in [0.4, 0.5) is 5.69 Å². The van der Waals surface area contributed by atoms with Crippen molar-refractivity contribution in [3.05, 3.63) is 35.8 Å². The molecule has 0 radical (unpaired) electrons. The van der Waals surface area contributed by atoms with E-state index in [1.807, 2.05) is 27.0 Å². The molecule has 3 aromatic heterocycles. The van der Waals surface area contributed by atoms with Crippen molar-refractivity contribution in [2.75, 3.05) is 5.43 Å². The van der Waals surface area contributed by atoms with Crippen LogP contribution in [0.1, 0.15) is 50.3 Å². The summed E-state index contributed by atoms with van der Waals surface area (Å²) in [5.74, 6) is 0.559. The van der Waals surface area contributed by atoms with Crippen LogP contribution in [0, 0.1) is 18.3 Å². The fraction of sp³-hybridized carbons (Fsp3) is 0.400. The molecule has 0 aliphatic heterocycles. The molecule has 7 nitrogen and oxygen atoms in total. The predicted octanol–water partition coefficient (Wildman–Crippen LogP) is 3.72. The number of fused-ring (bicyclic) bond motifs is 1. The Balaban J connectivity index is 1.84. The Labute approximate surface area is 158 Å². The van der Waals surface area contributed by atoms with Gasteiger partial charge in [0.1, 0.15) is 22.8 Å². The largest absolute Gasteiger partial charge is 0.332 e. The summed E-state index contributed by atoms with van der Waals surface area (Å²) in [5, 5.41) is 9.85. The van der Waals surface area contributed by atoms with Gasteiger partial charge in [-0.05, 0) is 51.7 Å². The van der Waals surface area contributed by atoms with Crippen LogP contribution in [-0.2, 0) is 0 Å². The molecule has 0 aromatic carbocycles. The summed E-state index contributed by atoms with van der Waals surface area (Å²) >= 11 is 0. The molecular weight excluding hydrogens is 338 g/mol. The van der Waals surface area contributed by atoms with Crippen LogP contribution in [-0.4, -0.2) is 25.6 Å². The van der Waals surface area contributed by atoms with Crippen molar-refractivity contribution >= 4 is 16.7 Å². The summed E-state index contributed by atoms with van der Waals surface area (Å²) in [4.78, 5) is 13.6. The van der Waals surface area contributed by atoms with Crippen molar-refractivity contribution < 1.29 is 0 Å². The molecule has 27 heavy (non-hydrogen) atoms. The van der Waals surface area contributed by atoms with Gasteiger partial charge in [0.15, 0.2) is 5.82 Å². The Hall–Kier alpha value is -2.98. The van der Waals surface area contributed by atoms with Crippen molar-refractivity contribution in [2.45, 2.75) is 52.1 Å². The Morgan fingerprint density at radius 2 is 1.93 bits per heavy atom. The monoisotopic (exact) mass is 361 g/mol. The molecule has 0 atom stereocenters. The number of hydrazine groups is 1. The first kappa shape index (κ1) is 17.4. The number of hydrogen-bond acceptors (Lipinski definition) is 6. The molecule has 2 N–H and O–H groups in total. The number of nitrogens with zero attached hydrogens (tertiary/aromatic N) is 5. The first-order valence-corrected chi connectivity index (χ1v) is 9.33. The van der Waals surface area contributed by atoms with E-state index < -0.39 is 0 Å². The summed E-state index contributed by atoms with van der Waals surface area (Å²) in [6.07, 6.45) is 8.70. The quantitative estimate of drug-likeness (QED) is 0.673. The maximum absolute atomic E-state index is 9.85. The van der Waals surface area contributed by atoms with Crippen LogP contribution >= 0.6 is 0 Å². The minimum Gasteiger partial charge on any atom is -0.332 e. The Morgan fingerprint density at radius 3 is 2.52 bits per heavy atom. The van der Waals surface area contributed by atoms with E-state index in [0.717, 1.165) is 40.8 Å². The van der Waals surface area contributed by atoms with Crippen LogP contribution in [0.3, 0.4) is 0 Å². The van der Waals surface area contributed by atoms with Crippen LogP contribution < -0.4 is 10.9 Å². The van der Waals surface area contributed by atoms with Gasteiger partial charge >= 0.3 is 0 Å². The summed E-state index contributed by atoms with van der Waals surface area (Å²) < 4.78 is 2.23. The number of pyridine rings is 1. The van der Waals surface area contributed by atoms with E-state index in [4.69, 9.17) is 0 Å². The zero-order valence-corrected chi connectivity index (χ0v) is 15.8. The smallest absolute Gasteiger partial charge is 0.177 e. The standard InChI is InChI=1S/C20H23N7/c1-12(2)25-26-14-10-23-20(24-11-14)19-16(8-21)18-17(7-13(3)9-22-18)27(19)15-5-4-6-15/h7,9-12,15,25-26H,4-6H2,1-3H3. The molecule has 0 saturated heterocycles. The average molecular weight is 361 g/mol. The minimum absolute atomic E-state index is 0.297. The van der Waals surface area contributed by atoms with Crippen molar-refractivity contribution in [1.29, 1.82) is 5.26 Å². The first-order valence-electron chi connectivity index (χ1n) is 9.33. The number of nitrogens with one attached hydrogen (secondary N) is 2. The van der Waals surface area contributed by atoms with E-state index in [9.17, 15) is 5.26 Å². The van der Waals surface area contributed by atoms with E-state index >= 15 is 0 Å². The van der Waals surface area contributed by atoms with E-state index in [2.05, 4.69) is 42.5 Å². The zero-order chi connectivity index (χ0) is 19.0. The molecule has 0 bridgehead atoms. The van der Waals surface area contributed by atoms with Crippen molar-refractivity contribution in [1.82, 2.24) is 24.9 Å². The normalized spacial score (nSPS) is 14.3. The van der Waals surface area contributed by atoms with Gasteiger partial charge in [0.2, 0.25) is 0 Å². The summed E-state index contributed by atoms with van der Waals surface area (Å²) in [7, 11) is 0. The number of hydrogen-bond donors (Lipinski definition) is 2. The second-order valence-corrected chi connectivity index (χ2v) is 7.39. The fourth-order valence-corrected chi connectivity index (χ4v) is 3.38. The minimum atomic E-state index is 0.297. The molecule has 3 aromatic rings. The van der Waals surface area contributed by atoms with Crippen molar-refractivity contribution in [2.24, 2.45) is 0 Å². The lowest BCUT2D eigenvalue weighted by Gasteiger charge is -2.29. The lowest BCUT2D eigenvalue weighted by atomic mass is 9.92. The van der Waals surface area contributed by atoms with E-state index in [1.165, 1.54) is 6.42 Å². The zero-order valence-electron chi connectivity index (χ0n) is 15.8. The lowest BCUT2D eigenvalue weighted by molar-refractivity contribution is 0.323. The van der Waals surface area contributed by atoms with Crippen LogP contribution in [0.2, 0.25) is 0 Å². The van der Waals surface area contributed by atoms with Crippen molar-refractivity contribution in [3.8, 4) is 17.6 Å². The van der Waals surface area contributed by atoms with Gasteiger partial charge in [-0.2, -0.15) is 5.26 Å². The molecule has 7 heteroatoms. The molecular formula is C20H23N7. The van der Waals surface area contributed by atoms with E-state index in [1.54, 1.807) is 12.4 Å². The SMILES string of the molecule is Cc1cnc2c(C#N)c(-c3ncc(NNC(C)C)cn3)n(C3CCC3)c2c1. The van der Waals surface area contributed by atoms with Gasteiger partial charge in [0, 0.05) is 18.3 Å². The molecule has 0 amide bonds. The average Bonchev–Trinajstić information content (AvgIpc) is 2.92. The molecule has 0 spiro atoms. The van der Waals surface area contributed by atoms with Gasteiger partial charge < -0.3 is 9.99 Å². The summed E-state index contributed by atoms with van der Waals surface area (Å²) in [6.45, 7) is 6.12. The Kier molecular flexibility index (Phi) is 4.50. The number of aryl methyl sites for hydroxylation is 1. The third-order valence-electron chi connectivity index (χ3n) is 4.90. The predicted molar refractivity (Wildman–Crippen MR) is 105 cm³/mol. The van der Waals surface area contributed by atoms with Gasteiger partial charge in [-0.25, -0.2) is 15.4 Å². The molecule has 1 fully saturated rings. The second kappa shape index (κ2) is 6.97. The maximum atomic E-state index is 9.85. The van der Waals surface area contributed by atoms with Gasteiger partial charge in [0.25, 0.3) is 0 Å². The molecule has 4 rings (SSSR count). The van der Waals surface area contributed by atoms with Crippen LogP contribution in [0.25, 0.3) is 22.6 Å². The highest BCUT2D eigenvalue weighted by Gasteiger charge is 2.29. The molecule has 3 heterocycles. The van der Waals surface area contributed by atoms with Gasteiger partial charge in [-0.3, -0.25) is 4.98 Å². The first-order chi connectivity index (χ1) is 13.1. The number of anilines is 1. The lowest BCUT2D eigenvalue weighted by Crippen LogP contribution is -2.29. The highest BCUT2D eigenvalue weighted by atomic mass is 15.4. The van der Waals surface area contributed by atoms with Crippen LogP contribution in [0.15, 0.2) is 24.7 Å². The molecule has 1 aliphatic rings. The van der Waals surface area contributed by atoms with Gasteiger partial charge in [-0.1, -0.05) is 0 Å². The Morgan fingerprint density at radius 1 is 1.19 bits per heavy atom. The Bertz CT molecular complexity index is 1010. The molecule has 0 unspecified atom stereocenters. The van der Waals surface area contributed by atoms with Gasteiger partial charge in [-0.15, -0.1) is 0 Å². The highest BCUT2D eigenvalue weighted by Crippen LogP contribution is 2.41. The number of rotatable bonds is 5. The van der Waals surface area contributed by atoms with E-state index in [0.29, 0.717) is 23.5 Å². The molecule has 1 aliphatic carbocycles. The summed E-state index contributed by atoms with van der Waals surface area (Å²) in [5.41, 5.74) is 11.1. The number of aromatic nitrogens is 4. The third kappa shape index (κ3) is 3.13. The van der Waals surface area contributed by atoms with Crippen molar-refractivity contribution in [3.63, 3.8) is 0 Å². The van der Waals surface area contributed by atoms with Crippen LogP contribution in [0.5, 0.6) is 0 Å². The molecule has 1 saturated carbocycles. The highest BCUT2D eigenvalue weighted by molar-refractivity contribution is 5.91. The topological polar surface area (TPSA) is 91.4 Å². The second-order valence-electron chi connectivity index (χ2n) is 7.39. The van der Waals surface area contributed by atoms with E-state index in [-0.39, 0.29) is 0 Å².